The first-order valence-electron chi connectivity index (χ1n) is 15.6. The summed E-state index contributed by atoms with van der Waals surface area (Å²) in [5.74, 6) is -0.996. The Kier molecular flexibility index (Phi) is 9.98. The van der Waals surface area contributed by atoms with Crippen LogP contribution in [-0.2, 0) is 21.4 Å². The van der Waals surface area contributed by atoms with Crippen LogP contribution < -0.4 is 10.6 Å². The lowest BCUT2D eigenvalue weighted by Crippen LogP contribution is -2.55. The lowest BCUT2D eigenvalue weighted by Gasteiger charge is -2.45. The number of carbonyl (C=O) groups excluding carboxylic acids is 2. The van der Waals surface area contributed by atoms with E-state index in [-0.39, 0.29) is 18.4 Å². The summed E-state index contributed by atoms with van der Waals surface area (Å²) in [5.41, 5.74) is 1.53. The number of aromatic nitrogens is 4. The molecule has 240 valence electrons. The summed E-state index contributed by atoms with van der Waals surface area (Å²) in [5, 5.41) is 20.2. The summed E-state index contributed by atoms with van der Waals surface area (Å²) < 4.78 is 7.00. The van der Waals surface area contributed by atoms with Crippen LogP contribution >= 0.6 is 12.6 Å². The predicted molar refractivity (Wildman–Crippen MR) is 168 cm³/mol. The van der Waals surface area contributed by atoms with Crippen molar-refractivity contribution in [2.45, 2.75) is 76.1 Å². The van der Waals surface area contributed by atoms with Gasteiger partial charge in [0.15, 0.2) is 0 Å². The molecular formula is C30H44N8O5S. The van der Waals surface area contributed by atoms with Crippen molar-refractivity contribution in [3.8, 4) is 0 Å². The number of carbonyl (C=O) groups is 3. The number of carboxylic acid groups (broad SMARTS) is 1. The maximum absolute atomic E-state index is 13.2. The minimum atomic E-state index is -0.784. The van der Waals surface area contributed by atoms with Crippen molar-refractivity contribution in [2.75, 3.05) is 43.4 Å². The number of esters is 1. The molecule has 5 rings (SSSR count). The van der Waals surface area contributed by atoms with Crippen LogP contribution in [0.4, 0.5) is 17.5 Å². The number of ether oxygens (including phenoxy) is 1. The molecule has 0 spiro atoms. The minimum Gasteiger partial charge on any atom is -0.481 e. The van der Waals surface area contributed by atoms with Gasteiger partial charge in [-0.1, -0.05) is 6.42 Å². The van der Waals surface area contributed by atoms with Crippen LogP contribution in [0.5, 0.6) is 0 Å². The Bertz CT molecular complexity index is 1350. The average molecular weight is 629 g/mol. The van der Waals surface area contributed by atoms with Gasteiger partial charge in [0, 0.05) is 51.4 Å². The zero-order valence-electron chi connectivity index (χ0n) is 25.8. The van der Waals surface area contributed by atoms with Crippen molar-refractivity contribution in [2.24, 2.45) is 18.9 Å². The second kappa shape index (κ2) is 13.7. The molecule has 0 radical (unpaired) electrons. The standard InChI is InChI=1S/C30H44N8O5S/c1-4-43-28(42)24-19(2)32-29(33-22-17-31-36(3)18-22)34-25(24)35-30(44)10-8-23(9-11-30)37-12-14-38(15-13-37)26(39)20-6-5-7-21(16-20)27(40)41/h17-18,20-21,23,44H,4-16H2,1-3H3,(H,40,41)(H2,32,33,34,35). The number of amides is 1. The molecule has 0 aromatic carbocycles. The molecule has 2 aromatic rings. The van der Waals surface area contributed by atoms with Gasteiger partial charge < -0.3 is 25.4 Å². The van der Waals surface area contributed by atoms with Gasteiger partial charge in [-0.25, -0.2) is 9.78 Å². The molecule has 13 nitrogen and oxygen atoms in total. The van der Waals surface area contributed by atoms with Crippen molar-refractivity contribution < 1.29 is 24.2 Å². The second-order valence-corrected chi connectivity index (χ2v) is 13.1. The Balaban J connectivity index is 1.19. The van der Waals surface area contributed by atoms with Crippen LogP contribution in [-0.4, -0.2) is 96.2 Å². The first-order valence-corrected chi connectivity index (χ1v) is 16.1. The number of nitrogens with zero attached hydrogens (tertiary/aromatic N) is 6. The third-order valence-electron chi connectivity index (χ3n) is 9.18. The lowest BCUT2D eigenvalue weighted by molar-refractivity contribution is -0.146. The van der Waals surface area contributed by atoms with Crippen LogP contribution in [0.3, 0.4) is 0 Å². The SMILES string of the molecule is CCOC(=O)c1c(C)nc(Nc2cnn(C)c2)nc1NC1(S)CCC(N2CCN(C(=O)C3CCCC(C(=O)O)C3)CC2)CC1. The fraction of sp³-hybridized carbons (Fsp3) is 0.667. The highest BCUT2D eigenvalue weighted by molar-refractivity contribution is 7.82. The van der Waals surface area contributed by atoms with Gasteiger partial charge in [-0.3, -0.25) is 19.2 Å². The zero-order valence-corrected chi connectivity index (χ0v) is 26.7. The first kappa shape index (κ1) is 32.0. The van der Waals surface area contributed by atoms with Crippen LogP contribution in [0.2, 0.25) is 0 Å². The molecule has 3 N–H and O–H groups in total. The molecule has 3 heterocycles. The average Bonchev–Trinajstić information content (AvgIpc) is 3.41. The monoisotopic (exact) mass is 628 g/mol. The quantitative estimate of drug-likeness (QED) is 0.183. The molecule has 0 bridgehead atoms. The third kappa shape index (κ3) is 7.45. The zero-order chi connectivity index (χ0) is 31.4. The Labute approximate surface area is 263 Å². The summed E-state index contributed by atoms with van der Waals surface area (Å²) in [6, 6.07) is 0.375. The molecule has 3 aliphatic rings. The highest BCUT2D eigenvalue weighted by Crippen LogP contribution is 2.38. The molecule has 2 atom stereocenters. The van der Waals surface area contributed by atoms with E-state index >= 15 is 0 Å². The fourth-order valence-corrected chi connectivity index (χ4v) is 7.14. The van der Waals surface area contributed by atoms with Gasteiger partial charge in [-0.05, 0) is 58.8 Å². The van der Waals surface area contributed by atoms with Crippen molar-refractivity contribution in [1.82, 2.24) is 29.5 Å². The first-order chi connectivity index (χ1) is 21.0. The molecule has 2 aliphatic carbocycles. The van der Waals surface area contributed by atoms with Gasteiger partial charge >= 0.3 is 11.9 Å². The summed E-state index contributed by atoms with van der Waals surface area (Å²) in [6.07, 6.45) is 9.53. The summed E-state index contributed by atoms with van der Waals surface area (Å²) in [7, 11) is 1.82. The van der Waals surface area contributed by atoms with E-state index in [2.05, 4.69) is 30.6 Å². The van der Waals surface area contributed by atoms with Gasteiger partial charge in [0.05, 0.1) is 35.0 Å². The number of anilines is 3. The van der Waals surface area contributed by atoms with Gasteiger partial charge in [0.25, 0.3) is 0 Å². The van der Waals surface area contributed by atoms with Gasteiger partial charge in [-0.2, -0.15) is 22.7 Å². The molecule has 3 fully saturated rings. The van der Waals surface area contributed by atoms with Crippen LogP contribution in [0.15, 0.2) is 12.4 Å². The van der Waals surface area contributed by atoms with Crippen LogP contribution in [0.1, 0.15) is 74.3 Å². The van der Waals surface area contributed by atoms with E-state index in [1.165, 1.54) is 0 Å². The van der Waals surface area contributed by atoms with Gasteiger partial charge in [-0.15, -0.1) is 0 Å². The molecule has 2 unspecified atom stereocenters. The number of thiol groups is 1. The van der Waals surface area contributed by atoms with Crippen molar-refractivity contribution >= 4 is 47.9 Å². The number of aliphatic carboxylic acids is 1. The lowest BCUT2D eigenvalue weighted by atomic mass is 9.80. The molecule has 44 heavy (non-hydrogen) atoms. The Morgan fingerprint density at radius 3 is 2.43 bits per heavy atom. The molecule has 14 heteroatoms. The molecule has 1 amide bonds. The third-order valence-corrected chi connectivity index (χ3v) is 9.74. The van der Waals surface area contributed by atoms with E-state index in [4.69, 9.17) is 17.4 Å². The van der Waals surface area contributed by atoms with E-state index in [9.17, 15) is 19.5 Å². The smallest absolute Gasteiger partial charge is 0.343 e. The largest absolute Gasteiger partial charge is 0.481 e. The van der Waals surface area contributed by atoms with E-state index in [0.29, 0.717) is 55.0 Å². The molecule has 2 aromatic heterocycles. The van der Waals surface area contributed by atoms with E-state index in [1.54, 1.807) is 24.7 Å². The number of carboxylic acids is 1. The normalized spacial score (nSPS) is 26.2. The number of nitrogens with one attached hydrogen (secondary N) is 2. The van der Waals surface area contributed by atoms with E-state index in [0.717, 1.165) is 57.3 Å². The van der Waals surface area contributed by atoms with Crippen LogP contribution in [0.25, 0.3) is 0 Å². The number of hydrogen-bond donors (Lipinski definition) is 4. The summed E-state index contributed by atoms with van der Waals surface area (Å²) >= 11 is 5.06. The topological polar surface area (TPSA) is 155 Å². The van der Waals surface area contributed by atoms with Crippen molar-refractivity contribution in [3.05, 3.63) is 23.7 Å². The maximum Gasteiger partial charge on any atom is 0.343 e. The van der Waals surface area contributed by atoms with Crippen molar-refractivity contribution in [1.29, 1.82) is 0 Å². The molecule has 1 aliphatic heterocycles. The minimum absolute atomic E-state index is 0.118. The van der Waals surface area contributed by atoms with Gasteiger partial charge in [0.2, 0.25) is 11.9 Å². The Morgan fingerprint density at radius 2 is 1.80 bits per heavy atom. The number of piperazine rings is 1. The number of aryl methyl sites for hydroxylation is 2. The maximum atomic E-state index is 13.2. The Hall–Kier alpha value is -3.39. The molecule has 1 saturated heterocycles. The predicted octanol–water partition coefficient (Wildman–Crippen LogP) is 3.45. The van der Waals surface area contributed by atoms with Crippen molar-refractivity contribution in [3.63, 3.8) is 0 Å². The summed E-state index contributed by atoms with van der Waals surface area (Å²) in [6.45, 7) is 6.72. The molecule has 2 saturated carbocycles. The van der Waals surface area contributed by atoms with Crippen LogP contribution in [0, 0.1) is 18.8 Å². The fourth-order valence-electron chi connectivity index (χ4n) is 6.78. The second-order valence-electron chi connectivity index (χ2n) is 12.3. The van der Waals surface area contributed by atoms with E-state index < -0.39 is 22.7 Å². The number of hydrogen-bond acceptors (Lipinski definition) is 11. The highest BCUT2D eigenvalue weighted by atomic mass is 32.1. The molecular weight excluding hydrogens is 584 g/mol. The summed E-state index contributed by atoms with van der Waals surface area (Å²) in [4.78, 5) is 50.6. The van der Waals surface area contributed by atoms with E-state index in [1.807, 2.05) is 18.1 Å². The van der Waals surface area contributed by atoms with Gasteiger partial charge in [0.1, 0.15) is 11.4 Å². The Morgan fingerprint density at radius 1 is 1.09 bits per heavy atom. The highest BCUT2D eigenvalue weighted by Gasteiger charge is 2.39. The number of rotatable bonds is 9.